The van der Waals surface area contributed by atoms with Crippen LogP contribution < -0.4 is 5.48 Å². The van der Waals surface area contributed by atoms with E-state index >= 15 is 0 Å². The van der Waals surface area contributed by atoms with E-state index in [2.05, 4.69) is 5.92 Å². The van der Waals surface area contributed by atoms with Gasteiger partial charge in [-0.15, -0.1) is 6.42 Å². The van der Waals surface area contributed by atoms with Gasteiger partial charge >= 0.3 is 7.82 Å². The van der Waals surface area contributed by atoms with E-state index in [4.69, 9.17) is 25.7 Å². The first kappa shape index (κ1) is 28.0. The normalized spacial score (nSPS) is 16.0. The van der Waals surface area contributed by atoms with Crippen LogP contribution in [0.3, 0.4) is 0 Å². The van der Waals surface area contributed by atoms with Crippen molar-refractivity contribution in [1.82, 2.24) is 10.4 Å². The van der Waals surface area contributed by atoms with Crippen molar-refractivity contribution in [2.45, 2.75) is 32.3 Å². The van der Waals surface area contributed by atoms with Crippen molar-refractivity contribution in [2.24, 2.45) is 0 Å². The monoisotopic (exact) mass is 528 g/mol. The number of hydroxylamine groups is 1. The van der Waals surface area contributed by atoms with Crippen LogP contribution in [0.2, 0.25) is 0 Å². The summed E-state index contributed by atoms with van der Waals surface area (Å²) in [6.07, 6.45) is 5.45. The Morgan fingerprint density at radius 2 is 1.56 bits per heavy atom. The predicted molar refractivity (Wildman–Crippen MR) is 126 cm³/mol. The number of nitrogens with one attached hydrogen (secondary N) is 1. The summed E-state index contributed by atoms with van der Waals surface area (Å²) in [6.45, 7) is 1.11. The maximum atomic E-state index is 13.4. The average Bonchev–Trinajstić information content (AvgIpc) is 2.79. The SMILES string of the molecule is C#CCN1CCC(C(=O)NO)(S(=O)(=O)c2ccc(Sc3ccccc3)cc2)CC1.O=P(O)(O)O. The van der Waals surface area contributed by atoms with Gasteiger partial charge in [-0.1, -0.05) is 35.9 Å². The first-order valence-corrected chi connectivity index (χ1v) is 13.8. The van der Waals surface area contributed by atoms with Crippen molar-refractivity contribution < 1.29 is 37.7 Å². The third kappa shape index (κ3) is 7.40. The Morgan fingerprint density at radius 3 is 2.03 bits per heavy atom. The minimum Gasteiger partial charge on any atom is -0.303 e. The summed E-state index contributed by atoms with van der Waals surface area (Å²) in [5.41, 5.74) is 1.56. The zero-order valence-electron chi connectivity index (χ0n) is 17.9. The maximum absolute atomic E-state index is 13.4. The molecular formula is C21H25N2O8PS2. The Bertz CT molecular complexity index is 1150. The van der Waals surface area contributed by atoms with Crippen LogP contribution in [-0.4, -0.2) is 63.5 Å². The van der Waals surface area contributed by atoms with Crippen molar-refractivity contribution in [2.75, 3.05) is 19.6 Å². The van der Waals surface area contributed by atoms with Crippen LogP contribution in [0, 0.1) is 12.3 Å². The van der Waals surface area contributed by atoms with Crippen LogP contribution in [0.5, 0.6) is 0 Å². The van der Waals surface area contributed by atoms with Gasteiger partial charge in [0.25, 0.3) is 5.91 Å². The summed E-state index contributed by atoms with van der Waals surface area (Å²) in [5.74, 6) is 1.63. The van der Waals surface area contributed by atoms with Crippen molar-refractivity contribution in [3.05, 3.63) is 54.6 Å². The number of sulfone groups is 1. The maximum Gasteiger partial charge on any atom is 0.466 e. The molecule has 1 saturated heterocycles. The van der Waals surface area contributed by atoms with Gasteiger partial charge in [-0.2, -0.15) is 0 Å². The molecule has 2 aromatic carbocycles. The number of carbonyl (C=O) groups excluding carboxylic acids is 1. The molecular weight excluding hydrogens is 503 g/mol. The molecule has 1 fully saturated rings. The largest absolute Gasteiger partial charge is 0.466 e. The van der Waals surface area contributed by atoms with E-state index in [0.717, 1.165) is 9.79 Å². The van der Waals surface area contributed by atoms with Gasteiger partial charge in [0.1, 0.15) is 0 Å². The van der Waals surface area contributed by atoms with Crippen LogP contribution in [0.15, 0.2) is 69.3 Å². The van der Waals surface area contributed by atoms with Gasteiger partial charge in [0, 0.05) is 22.9 Å². The molecule has 0 unspecified atom stereocenters. The third-order valence-electron chi connectivity index (χ3n) is 5.12. The van der Waals surface area contributed by atoms with Crippen molar-refractivity contribution in [1.29, 1.82) is 0 Å². The molecule has 184 valence electrons. The zero-order chi connectivity index (χ0) is 25.4. The van der Waals surface area contributed by atoms with Crippen LogP contribution in [0.4, 0.5) is 0 Å². The number of rotatable bonds is 6. The molecule has 1 heterocycles. The van der Waals surface area contributed by atoms with Gasteiger partial charge in [0.15, 0.2) is 14.6 Å². The molecule has 0 spiro atoms. The molecule has 5 N–H and O–H groups in total. The molecule has 10 nitrogen and oxygen atoms in total. The van der Waals surface area contributed by atoms with Gasteiger partial charge in [-0.3, -0.25) is 14.9 Å². The zero-order valence-corrected chi connectivity index (χ0v) is 20.5. The van der Waals surface area contributed by atoms with Crippen LogP contribution >= 0.6 is 19.6 Å². The number of carbonyl (C=O) groups is 1. The Kier molecular flexibility index (Phi) is 9.87. The van der Waals surface area contributed by atoms with E-state index in [9.17, 15) is 18.4 Å². The number of hydrogen-bond acceptors (Lipinski definition) is 7. The van der Waals surface area contributed by atoms with Gasteiger partial charge < -0.3 is 14.7 Å². The third-order valence-corrected chi connectivity index (χ3v) is 8.65. The highest BCUT2D eigenvalue weighted by Crippen LogP contribution is 2.37. The number of piperidine rings is 1. The fourth-order valence-corrected chi connectivity index (χ4v) is 6.25. The van der Waals surface area contributed by atoms with E-state index in [-0.39, 0.29) is 17.7 Å². The smallest absolute Gasteiger partial charge is 0.303 e. The van der Waals surface area contributed by atoms with Gasteiger partial charge in [0.2, 0.25) is 0 Å². The number of benzene rings is 2. The number of likely N-dealkylation sites (tertiary alicyclic amines) is 1. The lowest BCUT2D eigenvalue weighted by molar-refractivity contribution is -0.133. The molecule has 0 radical (unpaired) electrons. The Hall–Kier alpha value is -2.20. The molecule has 1 aliphatic rings. The minimum absolute atomic E-state index is 0.0592. The Labute approximate surface area is 202 Å². The van der Waals surface area contributed by atoms with Crippen LogP contribution in [-0.2, 0) is 19.2 Å². The van der Waals surface area contributed by atoms with Crippen LogP contribution in [0.1, 0.15) is 12.8 Å². The number of terminal acetylenes is 1. The standard InChI is InChI=1S/C21H22N2O4S2.H3O4P/c1-2-14-23-15-12-21(13-16-23,20(24)22-25)29(26,27)19-10-8-18(9-11-19)28-17-6-4-3-5-7-17;1-5(2,3)4/h1,3-11,25H,12-16H2,(H,22,24);(H3,1,2,3,4). The van der Waals surface area contributed by atoms with Gasteiger partial charge in [0.05, 0.1) is 11.4 Å². The number of nitrogens with zero attached hydrogens (tertiary/aromatic N) is 1. The molecule has 0 aromatic heterocycles. The highest BCUT2D eigenvalue weighted by molar-refractivity contribution is 7.99. The fourth-order valence-electron chi connectivity index (χ4n) is 3.46. The van der Waals surface area contributed by atoms with E-state index in [0.29, 0.717) is 19.6 Å². The molecule has 1 aliphatic heterocycles. The van der Waals surface area contributed by atoms with Crippen LogP contribution in [0.25, 0.3) is 0 Å². The summed E-state index contributed by atoms with van der Waals surface area (Å²) in [4.78, 5) is 37.9. The molecule has 0 atom stereocenters. The minimum atomic E-state index is -4.64. The summed E-state index contributed by atoms with van der Waals surface area (Å²) in [7, 11) is -8.66. The highest BCUT2D eigenvalue weighted by atomic mass is 32.2. The number of hydrogen-bond donors (Lipinski definition) is 5. The Balaban J connectivity index is 0.000000739. The highest BCUT2D eigenvalue weighted by Gasteiger charge is 2.52. The summed E-state index contributed by atoms with van der Waals surface area (Å²) < 4.78 is 34.0. The summed E-state index contributed by atoms with van der Waals surface area (Å²) in [6, 6.07) is 16.2. The van der Waals surface area contributed by atoms with E-state index in [1.165, 1.54) is 23.9 Å². The molecule has 13 heteroatoms. The first-order valence-electron chi connectivity index (χ1n) is 9.89. The fraction of sp³-hybridized carbons (Fsp3) is 0.286. The second-order valence-corrected chi connectivity index (χ2v) is 11.8. The van der Waals surface area contributed by atoms with Gasteiger partial charge in [-0.05, 0) is 49.2 Å². The van der Waals surface area contributed by atoms with Gasteiger partial charge in [-0.25, -0.2) is 18.5 Å². The van der Waals surface area contributed by atoms with Crippen molar-refractivity contribution >= 4 is 35.3 Å². The molecule has 1 amide bonds. The van der Waals surface area contributed by atoms with E-state index in [1.807, 2.05) is 35.2 Å². The Morgan fingerprint density at radius 1 is 1.06 bits per heavy atom. The van der Waals surface area contributed by atoms with Crippen molar-refractivity contribution in [3.63, 3.8) is 0 Å². The second kappa shape index (κ2) is 12.0. The van der Waals surface area contributed by atoms with Crippen molar-refractivity contribution in [3.8, 4) is 12.3 Å². The van der Waals surface area contributed by atoms with E-state index in [1.54, 1.807) is 17.6 Å². The lowest BCUT2D eigenvalue weighted by Crippen LogP contribution is -2.57. The topological polar surface area (TPSA) is 164 Å². The predicted octanol–water partition coefficient (Wildman–Crippen LogP) is 1.66. The van der Waals surface area contributed by atoms with E-state index < -0.39 is 28.3 Å². The molecule has 34 heavy (non-hydrogen) atoms. The number of amides is 1. The molecule has 2 aromatic rings. The molecule has 0 bridgehead atoms. The molecule has 0 aliphatic carbocycles. The summed E-state index contributed by atoms with van der Waals surface area (Å²) >= 11 is 1.52. The lowest BCUT2D eigenvalue weighted by atomic mass is 9.95. The average molecular weight is 529 g/mol. The first-order chi connectivity index (χ1) is 15.9. The molecule has 0 saturated carbocycles. The molecule has 3 rings (SSSR count). The lowest BCUT2D eigenvalue weighted by Gasteiger charge is -2.38. The quantitative estimate of drug-likeness (QED) is 0.161. The number of phosphoric acid groups is 1. The second-order valence-electron chi connectivity index (χ2n) is 7.32. The summed E-state index contributed by atoms with van der Waals surface area (Å²) in [5, 5.41) is 9.23.